The summed E-state index contributed by atoms with van der Waals surface area (Å²) in [6.07, 6.45) is 3.22. The third-order valence-electron chi connectivity index (χ3n) is 2.83. The van der Waals surface area contributed by atoms with Crippen LogP contribution in [0.4, 0.5) is 5.13 Å². The summed E-state index contributed by atoms with van der Waals surface area (Å²) in [7, 11) is 0. The molecule has 0 saturated carbocycles. The van der Waals surface area contributed by atoms with E-state index < -0.39 is 0 Å². The minimum atomic E-state index is -0.234. The summed E-state index contributed by atoms with van der Waals surface area (Å²) in [6.45, 7) is 0. The smallest absolute Gasteiger partial charge is 0.250 e. The van der Waals surface area contributed by atoms with E-state index in [2.05, 4.69) is 10.3 Å². The van der Waals surface area contributed by atoms with Crippen molar-refractivity contribution < 1.29 is 9.90 Å². The molecule has 3 rings (SSSR count). The average Bonchev–Trinajstić information content (AvgIpc) is 2.87. The number of rotatable bonds is 3. The van der Waals surface area contributed by atoms with Gasteiger partial charge in [-0.3, -0.25) is 10.1 Å². The Bertz CT molecular complexity index is 810. The fourth-order valence-corrected chi connectivity index (χ4v) is 2.70. The number of nitrogens with zero attached hydrogens (tertiary/aromatic N) is 1. The van der Waals surface area contributed by atoms with Crippen LogP contribution in [0.15, 0.2) is 54.6 Å². The Kier molecular flexibility index (Phi) is 3.66. The van der Waals surface area contributed by atoms with Crippen molar-refractivity contribution in [2.24, 2.45) is 0 Å². The number of aromatic hydroxyl groups is 1. The zero-order valence-electron chi connectivity index (χ0n) is 11.0. The van der Waals surface area contributed by atoms with Crippen molar-refractivity contribution in [3.8, 4) is 5.75 Å². The number of carbonyl (C=O) groups is 1. The molecule has 0 saturated heterocycles. The van der Waals surface area contributed by atoms with Crippen LogP contribution < -0.4 is 5.32 Å². The molecule has 21 heavy (non-hydrogen) atoms. The van der Waals surface area contributed by atoms with Crippen molar-refractivity contribution in [2.45, 2.75) is 0 Å². The number of hydrogen-bond donors (Lipinski definition) is 2. The van der Waals surface area contributed by atoms with Crippen LogP contribution in [0.5, 0.6) is 5.75 Å². The molecule has 5 heteroatoms. The summed E-state index contributed by atoms with van der Waals surface area (Å²) >= 11 is 1.37. The summed E-state index contributed by atoms with van der Waals surface area (Å²) in [5, 5.41) is 12.6. The molecule has 0 aliphatic rings. The molecule has 0 radical (unpaired) electrons. The number of anilines is 1. The summed E-state index contributed by atoms with van der Waals surface area (Å²) in [6, 6.07) is 14.5. The van der Waals surface area contributed by atoms with E-state index in [-0.39, 0.29) is 11.7 Å². The number of phenols is 1. The number of nitrogens with one attached hydrogen (secondary N) is 1. The van der Waals surface area contributed by atoms with E-state index >= 15 is 0 Å². The maximum Gasteiger partial charge on any atom is 0.250 e. The van der Waals surface area contributed by atoms with Gasteiger partial charge < -0.3 is 5.11 Å². The second-order valence-corrected chi connectivity index (χ2v) is 5.43. The van der Waals surface area contributed by atoms with Crippen molar-refractivity contribution >= 4 is 38.7 Å². The lowest BCUT2D eigenvalue weighted by atomic mass is 10.2. The zero-order chi connectivity index (χ0) is 14.7. The average molecular weight is 296 g/mol. The lowest BCUT2D eigenvalue weighted by Gasteiger charge is -1.95. The molecule has 0 atom stereocenters. The van der Waals surface area contributed by atoms with E-state index in [4.69, 9.17) is 0 Å². The quantitative estimate of drug-likeness (QED) is 0.725. The minimum absolute atomic E-state index is 0.162. The molecule has 0 fully saturated rings. The van der Waals surface area contributed by atoms with Gasteiger partial charge in [-0.05, 0) is 23.8 Å². The predicted molar refractivity (Wildman–Crippen MR) is 85.4 cm³/mol. The van der Waals surface area contributed by atoms with Gasteiger partial charge in [-0.2, -0.15) is 0 Å². The number of benzene rings is 2. The molecule has 4 nitrogen and oxygen atoms in total. The van der Waals surface area contributed by atoms with Crippen LogP contribution >= 0.6 is 11.3 Å². The highest BCUT2D eigenvalue weighted by Crippen LogP contribution is 2.28. The van der Waals surface area contributed by atoms with Crippen LogP contribution in [0, 0.1) is 0 Å². The maximum atomic E-state index is 11.8. The van der Waals surface area contributed by atoms with E-state index in [0.717, 1.165) is 10.3 Å². The SMILES string of the molecule is O=C(C=Cc1ccccc1)Nc1nc2cc(O)ccc2s1. The van der Waals surface area contributed by atoms with Crippen LogP contribution in [-0.2, 0) is 4.79 Å². The lowest BCUT2D eigenvalue weighted by molar-refractivity contribution is -0.111. The molecule has 0 aliphatic carbocycles. The maximum absolute atomic E-state index is 11.8. The summed E-state index contributed by atoms with van der Waals surface area (Å²) in [4.78, 5) is 16.1. The van der Waals surface area contributed by atoms with Gasteiger partial charge >= 0.3 is 0 Å². The molecular weight excluding hydrogens is 284 g/mol. The van der Waals surface area contributed by atoms with Gasteiger partial charge in [0.2, 0.25) is 5.91 Å². The molecule has 1 aromatic heterocycles. The van der Waals surface area contributed by atoms with E-state index in [1.165, 1.54) is 17.4 Å². The number of amides is 1. The molecule has 2 N–H and O–H groups in total. The van der Waals surface area contributed by atoms with E-state index in [1.807, 2.05) is 30.3 Å². The van der Waals surface area contributed by atoms with Gasteiger partial charge in [0.1, 0.15) is 5.75 Å². The number of fused-ring (bicyclic) bond motifs is 1. The number of thiazole rings is 1. The first-order valence-corrected chi connectivity index (χ1v) is 7.16. The monoisotopic (exact) mass is 296 g/mol. The van der Waals surface area contributed by atoms with E-state index in [1.54, 1.807) is 24.3 Å². The highest BCUT2D eigenvalue weighted by Gasteiger charge is 2.06. The first-order chi connectivity index (χ1) is 10.2. The van der Waals surface area contributed by atoms with Gasteiger partial charge in [0, 0.05) is 12.1 Å². The third kappa shape index (κ3) is 3.27. The van der Waals surface area contributed by atoms with E-state index in [0.29, 0.717) is 10.6 Å². The topological polar surface area (TPSA) is 62.2 Å². The molecule has 3 aromatic rings. The first-order valence-electron chi connectivity index (χ1n) is 6.34. The van der Waals surface area contributed by atoms with E-state index in [9.17, 15) is 9.90 Å². The van der Waals surface area contributed by atoms with Gasteiger partial charge in [0.15, 0.2) is 5.13 Å². The minimum Gasteiger partial charge on any atom is -0.508 e. The fraction of sp³-hybridized carbons (Fsp3) is 0. The summed E-state index contributed by atoms with van der Waals surface area (Å²) in [5.74, 6) is -0.0724. The standard InChI is InChI=1S/C16H12N2O2S/c19-12-7-8-14-13(10-12)17-16(21-14)18-15(20)9-6-11-4-2-1-3-5-11/h1-10,19H,(H,17,18,20). The van der Waals surface area contributed by atoms with Crippen molar-refractivity contribution in [1.82, 2.24) is 4.98 Å². The van der Waals surface area contributed by atoms with Crippen LogP contribution in [0.2, 0.25) is 0 Å². The van der Waals surface area contributed by atoms with Gasteiger partial charge in [0.05, 0.1) is 10.2 Å². The fourth-order valence-electron chi connectivity index (χ4n) is 1.85. The molecule has 104 valence electrons. The van der Waals surface area contributed by atoms with Gasteiger partial charge in [-0.1, -0.05) is 41.7 Å². The molecule has 0 aliphatic heterocycles. The van der Waals surface area contributed by atoms with Crippen molar-refractivity contribution in [1.29, 1.82) is 0 Å². The van der Waals surface area contributed by atoms with Gasteiger partial charge in [-0.15, -0.1) is 0 Å². The Labute approximate surface area is 125 Å². The van der Waals surface area contributed by atoms with Crippen LogP contribution in [0.1, 0.15) is 5.56 Å². The molecule has 1 amide bonds. The Morgan fingerprint density at radius 2 is 2.00 bits per heavy atom. The third-order valence-corrected chi connectivity index (χ3v) is 3.78. The Morgan fingerprint density at radius 1 is 1.19 bits per heavy atom. The van der Waals surface area contributed by atoms with Crippen LogP contribution in [0.3, 0.4) is 0 Å². The number of carbonyl (C=O) groups excluding carboxylic acids is 1. The number of aromatic nitrogens is 1. The van der Waals surface area contributed by atoms with Gasteiger partial charge in [0.25, 0.3) is 0 Å². The number of phenolic OH excluding ortho intramolecular Hbond substituents is 1. The second kappa shape index (κ2) is 5.76. The molecule has 0 unspecified atom stereocenters. The van der Waals surface area contributed by atoms with Crippen molar-refractivity contribution in [3.05, 3.63) is 60.2 Å². The van der Waals surface area contributed by atoms with Crippen molar-refractivity contribution in [2.75, 3.05) is 5.32 Å². The Morgan fingerprint density at radius 3 is 2.81 bits per heavy atom. The molecule has 0 bridgehead atoms. The summed E-state index contributed by atoms with van der Waals surface area (Å²) < 4.78 is 0.912. The Balaban J connectivity index is 1.73. The highest BCUT2D eigenvalue weighted by molar-refractivity contribution is 7.22. The Hall–Kier alpha value is -2.66. The lowest BCUT2D eigenvalue weighted by Crippen LogP contribution is -2.07. The zero-order valence-corrected chi connectivity index (χ0v) is 11.8. The first kappa shape index (κ1) is 13.3. The predicted octanol–water partition coefficient (Wildman–Crippen LogP) is 3.65. The molecule has 1 heterocycles. The largest absolute Gasteiger partial charge is 0.508 e. The van der Waals surface area contributed by atoms with Crippen LogP contribution in [-0.4, -0.2) is 16.0 Å². The number of hydrogen-bond acceptors (Lipinski definition) is 4. The molecule has 0 spiro atoms. The van der Waals surface area contributed by atoms with Gasteiger partial charge in [-0.25, -0.2) is 4.98 Å². The second-order valence-electron chi connectivity index (χ2n) is 4.40. The highest BCUT2D eigenvalue weighted by atomic mass is 32.1. The van der Waals surface area contributed by atoms with Crippen LogP contribution in [0.25, 0.3) is 16.3 Å². The van der Waals surface area contributed by atoms with Crippen molar-refractivity contribution in [3.63, 3.8) is 0 Å². The molecular formula is C16H12N2O2S. The summed E-state index contributed by atoms with van der Waals surface area (Å²) in [5.41, 5.74) is 1.63. The molecule has 2 aromatic carbocycles. The normalized spacial score (nSPS) is 11.0.